The minimum atomic E-state index is -0.0935. The Morgan fingerprint density at radius 2 is 1.96 bits per heavy atom. The van der Waals surface area contributed by atoms with Crippen molar-refractivity contribution in [2.24, 2.45) is 7.05 Å². The topological polar surface area (TPSA) is 66.3 Å². The van der Waals surface area contributed by atoms with Crippen molar-refractivity contribution in [3.05, 3.63) is 41.9 Å². The molecule has 0 radical (unpaired) electrons. The summed E-state index contributed by atoms with van der Waals surface area (Å²) in [5.74, 6) is 0.773. The van der Waals surface area contributed by atoms with Crippen LogP contribution in [0.1, 0.15) is 16.1 Å². The van der Waals surface area contributed by atoms with Gasteiger partial charge in [-0.1, -0.05) is 0 Å². The van der Waals surface area contributed by atoms with Gasteiger partial charge in [0.25, 0.3) is 5.91 Å². The summed E-state index contributed by atoms with van der Waals surface area (Å²) in [6.45, 7) is 4.35. The second-order valence-corrected chi connectivity index (χ2v) is 5.82. The van der Waals surface area contributed by atoms with Crippen LogP contribution in [0.15, 0.2) is 30.6 Å². The average Bonchev–Trinajstić information content (AvgIpc) is 2.98. The van der Waals surface area contributed by atoms with E-state index in [0.29, 0.717) is 12.1 Å². The summed E-state index contributed by atoms with van der Waals surface area (Å²) < 4.78 is 1.75. The third kappa shape index (κ3) is 3.68. The second-order valence-electron chi connectivity index (χ2n) is 5.82. The van der Waals surface area contributed by atoms with Crippen LogP contribution in [0.25, 0.3) is 0 Å². The number of pyridine rings is 1. The van der Waals surface area contributed by atoms with E-state index >= 15 is 0 Å². The number of rotatable bonds is 4. The Morgan fingerprint density at radius 1 is 1.17 bits per heavy atom. The highest BCUT2D eigenvalue weighted by Gasteiger charge is 2.16. The van der Waals surface area contributed by atoms with Crippen molar-refractivity contribution in [2.45, 2.75) is 6.54 Å². The van der Waals surface area contributed by atoms with Crippen LogP contribution in [0.5, 0.6) is 0 Å². The van der Waals surface area contributed by atoms with E-state index in [2.05, 4.69) is 32.2 Å². The molecule has 0 aromatic carbocycles. The third-order valence-electron chi connectivity index (χ3n) is 4.19. The summed E-state index contributed by atoms with van der Waals surface area (Å²) in [6.07, 6.45) is 3.42. The molecule has 1 aliphatic heterocycles. The number of likely N-dealkylation sites (N-methyl/N-ethyl adjacent to an activating group) is 1. The maximum absolute atomic E-state index is 12.3. The Balaban J connectivity index is 1.64. The number of hydrogen-bond acceptors (Lipinski definition) is 5. The molecule has 1 fully saturated rings. The van der Waals surface area contributed by atoms with E-state index in [0.717, 1.165) is 37.7 Å². The fraction of sp³-hybridized carbons (Fsp3) is 0.438. The maximum Gasteiger partial charge on any atom is 0.251 e. The molecule has 2 aromatic rings. The summed E-state index contributed by atoms with van der Waals surface area (Å²) in [4.78, 5) is 21.3. The molecule has 0 saturated carbocycles. The lowest BCUT2D eigenvalue weighted by Gasteiger charge is -2.33. The molecular weight excluding hydrogens is 292 g/mol. The monoisotopic (exact) mass is 314 g/mol. The van der Waals surface area contributed by atoms with E-state index in [-0.39, 0.29) is 5.91 Å². The van der Waals surface area contributed by atoms with Gasteiger partial charge in [-0.25, -0.2) is 4.98 Å². The van der Waals surface area contributed by atoms with Crippen molar-refractivity contribution < 1.29 is 4.79 Å². The maximum atomic E-state index is 12.3. The molecule has 122 valence electrons. The first-order valence-electron chi connectivity index (χ1n) is 7.78. The molecule has 0 bridgehead atoms. The number of aryl methyl sites for hydroxylation is 1. The normalized spacial score (nSPS) is 15.7. The molecule has 2 aromatic heterocycles. The van der Waals surface area contributed by atoms with Crippen LogP contribution in [0, 0.1) is 0 Å². The number of carbonyl (C=O) groups is 1. The lowest BCUT2D eigenvalue weighted by Crippen LogP contribution is -2.44. The molecule has 0 unspecified atom stereocenters. The zero-order valence-corrected chi connectivity index (χ0v) is 13.6. The number of nitrogens with zero attached hydrogens (tertiary/aromatic N) is 5. The fourth-order valence-corrected chi connectivity index (χ4v) is 2.62. The number of amides is 1. The molecule has 1 saturated heterocycles. The Kier molecular flexibility index (Phi) is 4.57. The summed E-state index contributed by atoms with van der Waals surface area (Å²) in [6, 6.07) is 5.50. The molecule has 1 N–H and O–H groups in total. The molecule has 0 atom stereocenters. The predicted molar refractivity (Wildman–Crippen MR) is 88.3 cm³/mol. The van der Waals surface area contributed by atoms with E-state index in [9.17, 15) is 4.79 Å². The average molecular weight is 314 g/mol. The molecule has 3 rings (SSSR count). The minimum Gasteiger partial charge on any atom is -0.354 e. The van der Waals surface area contributed by atoms with E-state index in [1.165, 1.54) is 0 Å². The van der Waals surface area contributed by atoms with Crippen molar-refractivity contribution in [3.63, 3.8) is 0 Å². The number of anilines is 1. The SMILES string of the molecule is CN1CCN(c2cc(C(=O)NCc3ccnn3C)ccn2)CC1. The first kappa shape index (κ1) is 15.5. The number of hydrogen-bond donors (Lipinski definition) is 1. The lowest BCUT2D eigenvalue weighted by molar-refractivity contribution is 0.0950. The third-order valence-corrected chi connectivity index (χ3v) is 4.19. The minimum absolute atomic E-state index is 0.0935. The van der Waals surface area contributed by atoms with Gasteiger partial charge < -0.3 is 15.1 Å². The molecule has 23 heavy (non-hydrogen) atoms. The summed E-state index contributed by atoms with van der Waals surface area (Å²) >= 11 is 0. The molecule has 0 aliphatic carbocycles. The highest BCUT2D eigenvalue weighted by Crippen LogP contribution is 2.14. The van der Waals surface area contributed by atoms with Crippen LogP contribution in [0.4, 0.5) is 5.82 Å². The predicted octanol–water partition coefficient (Wildman–Crippen LogP) is 0.497. The number of nitrogens with one attached hydrogen (secondary N) is 1. The molecule has 1 aliphatic rings. The van der Waals surface area contributed by atoms with Crippen LogP contribution < -0.4 is 10.2 Å². The largest absolute Gasteiger partial charge is 0.354 e. The smallest absolute Gasteiger partial charge is 0.251 e. The highest BCUT2D eigenvalue weighted by molar-refractivity contribution is 5.94. The van der Waals surface area contributed by atoms with Gasteiger partial charge >= 0.3 is 0 Å². The Hall–Kier alpha value is -2.41. The van der Waals surface area contributed by atoms with Gasteiger partial charge in [0, 0.05) is 51.2 Å². The van der Waals surface area contributed by atoms with Crippen molar-refractivity contribution in [1.82, 2.24) is 25.0 Å². The van der Waals surface area contributed by atoms with Crippen LogP contribution >= 0.6 is 0 Å². The van der Waals surface area contributed by atoms with Gasteiger partial charge in [-0.3, -0.25) is 9.48 Å². The van der Waals surface area contributed by atoms with Crippen LogP contribution in [0.3, 0.4) is 0 Å². The van der Waals surface area contributed by atoms with E-state index in [1.54, 1.807) is 23.1 Å². The molecule has 0 spiro atoms. The number of aromatic nitrogens is 3. The first-order chi connectivity index (χ1) is 11.1. The van der Waals surface area contributed by atoms with Crippen LogP contribution in [-0.2, 0) is 13.6 Å². The Labute approximate surface area is 135 Å². The summed E-state index contributed by atoms with van der Waals surface area (Å²) in [5.41, 5.74) is 1.60. The van der Waals surface area contributed by atoms with Gasteiger partial charge in [-0.15, -0.1) is 0 Å². The van der Waals surface area contributed by atoms with Gasteiger partial charge in [0.15, 0.2) is 0 Å². The van der Waals surface area contributed by atoms with Gasteiger partial charge in [-0.2, -0.15) is 5.10 Å². The zero-order valence-electron chi connectivity index (χ0n) is 13.6. The molecule has 7 nitrogen and oxygen atoms in total. The van der Waals surface area contributed by atoms with E-state index in [1.807, 2.05) is 19.2 Å². The molecule has 3 heterocycles. The van der Waals surface area contributed by atoms with Crippen molar-refractivity contribution >= 4 is 11.7 Å². The van der Waals surface area contributed by atoms with Crippen molar-refractivity contribution in [2.75, 3.05) is 38.1 Å². The quantitative estimate of drug-likeness (QED) is 0.890. The van der Waals surface area contributed by atoms with Gasteiger partial charge in [-0.05, 0) is 25.2 Å². The summed E-state index contributed by atoms with van der Waals surface area (Å²) in [7, 11) is 3.98. The number of piperazine rings is 1. The van der Waals surface area contributed by atoms with Crippen LogP contribution in [0.2, 0.25) is 0 Å². The number of carbonyl (C=O) groups excluding carboxylic acids is 1. The van der Waals surface area contributed by atoms with Gasteiger partial charge in [0.2, 0.25) is 0 Å². The zero-order chi connectivity index (χ0) is 16.2. The lowest BCUT2D eigenvalue weighted by atomic mass is 10.2. The van der Waals surface area contributed by atoms with Gasteiger partial charge in [0.1, 0.15) is 5.82 Å². The van der Waals surface area contributed by atoms with Crippen molar-refractivity contribution in [3.8, 4) is 0 Å². The Bertz CT molecular complexity index is 675. The van der Waals surface area contributed by atoms with Crippen molar-refractivity contribution in [1.29, 1.82) is 0 Å². The van der Waals surface area contributed by atoms with E-state index < -0.39 is 0 Å². The highest BCUT2D eigenvalue weighted by atomic mass is 16.1. The van der Waals surface area contributed by atoms with Crippen LogP contribution in [-0.4, -0.2) is 58.8 Å². The standard InChI is InChI=1S/C16H22N6O/c1-20-7-9-22(10-8-20)15-11-13(3-5-17-15)16(23)18-12-14-4-6-19-21(14)2/h3-6,11H,7-10,12H2,1-2H3,(H,18,23). The first-order valence-corrected chi connectivity index (χ1v) is 7.78. The molecule has 7 heteroatoms. The second kappa shape index (κ2) is 6.78. The van der Waals surface area contributed by atoms with Gasteiger partial charge in [0.05, 0.1) is 12.2 Å². The van der Waals surface area contributed by atoms with E-state index in [4.69, 9.17) is 0 Å². The molecular formula is C16H22N6O. The molecule has 1 amide bonds. The Morgan fingerprint density at radius 3 is 2.65 bits per heavy atom. The summed E-state index contributed by atoms with van der Waals surface area (Å²) in [5, 5.41) is 7.02. The fourth-order valence-electron chi connectivity index (χ4n) is 2.62.